The van der Waals surface area contributed by atoms with Crippen molar-refractivity contribution in [3.8, 4) is 0 Å². The summed E-state index contributed by atoms with van der Waals surface area (Å²) in [6.45, 7) is 2.89. The van der Waals surface area contributed by atoms with E-state index in [0.717, 1.165) is 0 Å². The zero-order valence-corrected chi connectivity index (χ0v) is 8.00. The Bertz CT molecular complexity index is 259. The molecule has 0 bridgehead atoms. The van der Waals surface area contributed by atoms with Crippen LogP contribution in [0.3, 0.4) is 0 Å². The number of thiocarbonyl (C=S) groups is 1. The summed E-state index contributed by atoms with van der Waals surface area (Å²) < 4.78 is 28.7. The normalized spacial score (nSPS) is 17.4. The number of hydrogen-bond donors (Lipinski definition) is 2. The first-order valence-electron chi connectivity index (χ1n) is 3.02. The Morgan fingerprint density at radius 1 is 1.73 bits per heavy atom. The first kappa shape index (κ1) is 10.8. The van der Waals surface area contributed by atoms with Crippen LogP contribution in [0.4, 0.5) is 0 Å². The van der Waals surface area contributed by atoms with E-state index in [0.29, 0.717) is 0 Å². The summed E-state index contributed by atoms with van der Waals surface area (Å²) >= 11 is 4.52. The fourth-order valence-corrected chi connectivity index (χ4v) is 1.56. The van der Waals surface area contributed by atoms with Gasteiger partial charge in [0.2, 0.25) is 0 Å². The van der Waals surface area contributed by atoms with Crippen molar-refractivity contribution in [2.45, 2.75) is 25.0 Å². The number of rotatable bonds is 3. The van der Waals surface area contributed by atoms with E-state index in [1.165, 1.54) is 6.92 Å². The monoisotopic (exact) mass is 197 g/mol. The first-order chi connectivity index (χ1) is 4.75. The van der Waals surface area contributed by atoms with Crippen LogP contribution in [0.1, 0.15) is 20.3 Å². The lowest BCUT2D eigenvalue weighted by molar-refractivity contribution is 0.456. The van der Waals surface area contributed by atoms with Crippen LogP contribution in [0.15, 0.2) is 0 Å². The highest BCUT2D eigenvalue weighted by molar-refractivity contribution is 7.91. The predicted molar refractivity (Wildman–Crippen MR) is 47.0 cm³/mol. The Labute approximate surface area is 71.5 Å². The molecule has 0 aliphatic heterocycles. The second-order valence-electron chi connectivity index (χ2n) is 2.42. The van der Waals surface area contributed by atoms with Crippen molar-refractivity contribution in [2.24, 2.45) is 5.73 Å². The molecule has 4 nitrogen and oxygen atoms in total. The van der Waals surface area contributed by atoms with Crippen LogP contribution in [0.2, 0.25) is 0 Å². The fourth-order valence-electron chi connectivity index (χ4n) is 0.484. The highest BCUT2D eigenvalue weighted by atomic mass is 32.2. The molecular formula is C5H11NO3S2. The van der Waals surface area contributed by atoms with Gasteiger partial charge in [0.25, 0.3) is 10.1 Å². The molecule has 1 atom stereocenters. The van der Waals surface area contributed by atoms with Gasteiger partial charge >= 0.3 is 0 Å². The minimum Gasteiger partial charge on any atom is -0.392 e. The van der Waals surface area contributed by atoms with Crippen molar-refractivity contribution in [3.05, 3.63) is 0 Å². The van der Waals surface area contributed by atoms with Crippen molar-refractivity contribution in [2.75, 3.05) is 0 Å². The Hall–Kier alpha value is -0.200. The highest BCUT2D eigenvalue weighted by Crippen LogP contribution is 2.19. The third-order valence-corrected chi connectivity index (χ3v) is 3.99. The summed E-state index contributed by atoms with van der Waals surface area (Å²) in [6, 6.07) is 0. The molecule has 6 heteroatoms. The second kappa shape index (κ2) is 3.04. The highest BCUT2D eigenvalue weighted by Gasteiger charge is 2.39. The standard InChI is InChI=1S/C5H11NO3S2/c1-3-5(2,4(6)10)11(7,8)9/h3H2,1-2H3,(H2,6,10)(H,7,8,9). The molecule has 0 radical (unpaired) electrons. The molecule has 3 N–H and O–H groups in total. The van der Waals surface area contributed by atoms with E-state index in [2.05, 4.69) is 12.2 Å². The van der Waals surface area contributed by atoms with Gasteiger partial charge in [-0.3, -0.25) is 4.55 Å². The van der Waals surface area contributed by atoms with Crippen LogP contribution in [-0.2, 0) is 10.1 Å². The fraction of sp³-hybridized carbons (Fsp3) is 0.800. The SMILES string of the molecule is CCC(C)(C(N)=S)S(=O)(=O)O. The van der Waals surface area contributed by atoms with Gasteiger partial charge in [-0.25, -0.2) is 0 Å². The van der Waals surface area contributed by atoms with Crippen LogP contribution < -0.4 is 5.73 Å². The van der Waals surface area contributed by atoms with E-state index in [9.17, 15) is 8.42 Å². The Morgan fingerprint density at radius 3 is 2.09 bits per heavy atom. The second-order valence-corrected chi connectivity index (χ2v) is 4.71. The van der Waals surface area contributed by atoms with Crippen molar-refractivity contribution in [3.63, 3.8) is 0 Å². The van der Waals surface area contributed by atoms with Crippen LogP contribution in [0.25, 0.3) is 0 Å². The molecule has 0 aromatic carbocycles. The summed E-state index contributed by atoms with van der Waals surface area (Å²) in [7, 11) is -4.18. The molecule has 0 aromatic rings. The van der Waals surface area contributed by atoms with Gasteiger partial charge in [-0.05, 0) is 13.3 Å². The lowest BCUT2D eigenvalue weighted by Gasteiger charge is -2.22. The number of nitrogens with two attached hydrogens (primary N) is 1. The smallest absolute Gasteiger partial charge is 0.276 e. The Kier molecular flexibility index (Phi) is 2.98. The molecule has 0 rings (SSSR count). The summed E-state index contributed by atoms with van der Waals surface area (Å²) in [5.41, 5.74) is 5.16. The molecule has 0 saturated carbocycles. The van der Waals surface area contributed by atoms with E-state index in [1.807, 2.05) is 0 Å². The van der Waals surface area contributed by atoms with Gasteiger partial charge in [0.1, 0.15) is 4.75 Å². The van der Waals surface area contributed by atoms with Gasteiger partial charge in [0.05, 0.1) is 4.99 Å². The van der Waals surface area contributed by atoms with Crippen LogP contribution in [-0.4, -0.2) is 22.7 Å². The summed E-state index contributed by atoms with van der Waals surface area (Å²) in [5.74, 6) is 0. The van der Waals surface area contributed by atoms with Crippen molar-refractivity contribution < 1.29 is 13.0 Å². The largest absolute Gasteiger partial charge is 0.392 e. The zero-order chi connectivity index (χ0) is 9.28. The Balaban J connectivity index is 5.09. The van der Waals surface area contributed by atoms with Gasteiger partial charge in [0, 0.05) is 0 Å². The van der Waals surface area contributed by atoms with Gasteiger partial charge in [-0.1, -0.05) is 19.1 Å². The molecule has 1 unspecified atom stereocenters. The summed E-state index contributed by atoms with van der Waals surface area (Å²) in [5, 5.41) is 0. The molecule has 0 aliphatic carbocycles. The molecule has 0 amide bonds. The molecule has 0 saturated heterocycles. The molecule has 66 valence electrons. The van der Waals surface area contributed by atoms with E-state index >= 15 is 0 Å². The molecule has 0 fully saturated rings. The maximum atomic E-state index is 10.7. The predicted octanol–water partition coefficient (Wildman–Crippen LogP) is 0.329. The third kappa shape index (κ3) is 1.88. The van der Waals surface area contributed by atoms with E-state index < -0.39 is 14.9 Å². The summed E-state index contributed by atoms with van der Waals surface area (Å²) in [6.07, 6.45) is 0.168. The van der Waals surface area contributed by atoms with Gasteiger partial charge < -0.3 is 5.73 Å². The molecule has 0 aliphatic rings. The van der Waals surface area contributed by atoms with Crippen LogP contribution >= 0.6 is 12.2 Å². The summed E-state index contributed by atoms with van der Waals surface area (Å²) in [4.78, 5) is -0.206. The molecule has 0 aromatic heterocycles. The lowest BCUT2D eigenvalue weighted by atomic mass is 10.1. The Morgan fingerprint density at radius 2 is 2.09 bits per heavy atom. The minimum absolute atomic E-state index is 0.168. The van der Waals surface area contributed by atoms with Crippen LogP contribution in [0, 0.1) is 0 Å². The minimum atomic E-state index is -4.18. The van der Waals surface area contributed by atoms with Crippen molar-refractivity contribution in [1.82, 2.24) is 0 Å². The van der Waals surface area contributed by atoms with Crippen molar-refractivity contribution >= 4 is 27.3 Å². The van der Waals surface area contributed by atoms with Gasteiger partial charge in [-0.15, -0.1) is 0 Å². The average molecular weight is 197 g/mol. The number of hydrogen-bond acceptors (Lipinski definition) is 3. The maximum Gasteiger partial charge on any atom is 0.276 e. The van der Waals surface area contributed by atoms with E-state index in [-0.39, 0.29) is 11.4 Å². The molecule has 11 heavy (non-hydrogen) atoms. The van der Waals surface area contributed by atoms with Crippen molar-refractivity contribution in [1.29, 1.82) is 0 Å². The first-order valence-corrected chi connectivity index (χ1v) is 4.87. The zero-order valence-electron chi connectivity index (χ0n) is 6.36. The van der Waals surface area contributed by atoms with E-state index in [1.54, 1.807) is 6.92 Å². The molecule has 0 heterocycles. The lowest BCUT2D eigenvalue weighted by Crippen LogP contribution is -2.45. The van der Waals surface area contributed by atoms with E-state index in [4.69, 9.17) is 10.3 Å². The van der Waals surface area contributed by atoms with Crippen LogP contribution in [0.5, 0.6) is 0 Å². The molecule has 0 spiro atoms. The van der Waals surface area contributed by atoms with Gasteiger partial charge in [0.15, 0.2) is 0 Å². The third-order valence-electron chi connectivity index (χ3n) is 1.77. The topological polar surface area (TPSA) is 80.4 Å². The van der Waals surface area contributed by atoms with Gasteiger partial charge in [-0.2, -0.15) is 8.42 Å². The quantitative estimate of drug-likeness (QED) is 0.503. The average Bonchev–Trinajstić information content (AvgIpc) is 1.83. The molecular weight excluding hydrogens is 186 g/mol. The maximum absolute atomic E-state index is 10.7.